The number of carboxylic acids is 1. The number of halogens is 2. The lowest BCUT2D eigenvalue weighted by Crippen LogP contribution is -2.48. The lowest BCUT2D eigenvalue weighted by Gasteiger charge is -2.27. The number of hydrogen-bond donors (Lipinski definition) is 2. The van der Waals surface area contributed by atoms with E-state index in [1.54, 1.807) is 0 Å². The highest BCUT2D eigenvalue weighted by Crippen LogP contribution is 2.29. The standard InChI is InChI=1S/C12H15ClFNO3/c1-12(11(16)17,15-5-6-18-2)9-4-3-8(14)7-10(9)13/h3-4,7,15H,5-6H2,1-2H3,(H,16,17). The highest BCUT2D eigenvalue weighted by molar-refractivity contribution is 6.31. The predicted octanol–water partition coefficient (Wildman–Crippen LogP) is 2.01. The molecule has 0 aliphatic heterocycles. The number of carboxylic acid groups (broad SMARTS) is 1. The molecule has 100 valence electrons. The summed E-state index contributed by atoms with van der Waals surface area (Å²) in [7, 11) is 1.52. The largest absolute Gasteiger partial charge is 0.480 e. The van der Waals surface area contributed by atoms with Crippen molar-refractivity contribution in [2.24, 2.45) is 0 Å². The quantitative estimate of drug-likeness (QED) is 0.780. The van der Waals surface area contributed by atoms with Crippen molar-refractivity contribution >= 4 is 17.6 Å². The number of methoxy groups -OCH3 is 1. The number of aliphatic carboxylic acids is 1. The molecule has 1 rings (SSSR count). The molecule has 0 bridgehead atoms. The average Bonchev–Trinajstić information content (AvgIpc) is 2.28. The highest BCUT2D eigenvalue weighted by atomic mass is 35.5. The Bertz CT molecular complexity index is 441. The van der Waals surface area contributed by atoms with Crippen molar-refractivity contribution in [1.82, 2.24) is 5.32 Å². The first-order chi connectivity index (χ1) is 8.41. The Hall–Kier alpha value is -1.17. The van der Waals surface area contributed by atoms with Crippen molar-refractivity contribution in [1.29, 1.82) is 0 Å². The molecule has 0 saturated heterocycles. The van der Waals surface area contributed by atoms with Crippen LogP contribution in [0.3, 0.4) is 0 Å². The van der Waals surface area contributed by atoms with E-state index in [-0.39, 0.29) is 5.02 Å². The summed E-state index contributed by atoms with van der Waals surface area (Å²) in [5.74, 6) is -1.60. The molecular formula is C12H15ClFNO3. The van der Waals surface area contributed by atoms with Gasteiger partial charge in [-0.3, -0.25) is 5.32 Å². The van der Waals surface area contributed by atoms with E-state index >= 15 is 0 Å². The van der Waals surface area contributed by atoms with Crippen LogP contribution >= 0.6 is 11.6 Å². The Kier molecular flexibility index (Phi) is 5.07. The second-order valence-corrected chi connectivity index (χ2v) is 4.38. The monoisotopic (exact) mass is 275 g/mol. The van der Waals surface area contributed by atoms with Gasteiger partial charge < -0.3 is 9.84 Å². The topological polar surface area (TPSA) is 58.6 Å². The molecule has 2 N–H and O–H groups in total. The molecule has 1 unspecified atom stereocenters. The molecule has 6 heteroatoms. The van der Waals surface area contributed by atoms with Crippen molar-refractivity contribution in [3.63, 3.8) is 0 Å². The molecule has 1 aromatic carbocycles. The van der Waals surface area contributed by atoms with Crippen molar-refractivity contribution in [2.45, 2.75) is 12.5 Å². The van der Waals surface area contributed by atoms with Crippen LogP contribution in [-0.4, -0.2) is 31.3 Å². The SMILES string of the molecule is COCCNC(C)(C(=O)O)c1ccc(F)cc1Cl. The molecule has 0 spiro atoms. The molecule has 0 heterocycles. The van der Waals surface area contributed by atoms with Gasteiger partial charge in [0.25, 0.3) is 0 Å². The van der Waals surface area contributed by atoms with E-state index in [2.05, 4.69) is 5.32 Å². The molecule has 1 aromatic rings. The number of hydrogen-bond acceptors (Lipinski definition) is 3. The fraction of sp³-hybridized carbons (Fsp3) is 0.417. The maximum Gasteiger partial charge on any atom is 0.328 e. The van der Waals surface area contributed by atoms with E-state index in [0.717, 1.165) is 6.07 Å². The third-order valence-corrected chi connectivity index (χ3v) is 2.99. The van der Waals surface area contributed by atoms with Crippen molar-refractivity contribution < 1.29 is 19.0 Å². The Morgan fingerprint density at radius 2 is 2.28 bits per heavy atom. The molecule has 4 nitrogen and oxygen atoms in total. The van der Waals surface area contributed by atoms with Gasteiger partial charge in [0, 0.05) is 24.2 Å². The van der Waals surface area contributed by atoms with Crippen LogP contribution in [0.15, 0.2) is 18.2 Å². The molecule has 0 amide bonds. The summed E-state index contributed by atoms with van der Waals surface area (Å²) in [6.45, 7) is 2.18. The van der Waals surface area contributed by atoms with Gasteiger partial charge in [-0.25, -0.2) is 9.18 Å². The Morgan fingerprint density at radius 3 is 2.78 bits per heavy atom. The number of ether oxygens (including phenoxy) is 1. The number of carbonyl (C=O) groups is 1. The minimum Gasteiger partial charge on any atom is -0.480 e. The summed E-state index contributed by atoms with van der Waals surface area (Å²) in [6.07, 6.45) is 0. The zero-order valence-corrected chi connectivity index (χ0v) is 10.9. The summed E-state index contributed by atoms with van der Waals surface area (Å²) in [6, 6.07) is 3.64. The lowest BCUT2D eigenvalue weighted by molar-refractivity contribution is -0.144. The van der Waals surface area contributed by atoms with Crippen LogP contribution < -0.4 is 5.32 Å². The first kappa shape index (κ1) is 14.9. The van der Waals surface area contributed by atoms with Crippen molar-refractivity contribution in [3.05, 3.63) is 34.6 Å². The van der Waals surface area contributed by atoms with E-state index < -0.39 is 17.3 Å². The van der Waals surface area contributed by atoms with Gasteiger partial charge in [0.05, 0.1) is 6.61 Å². The van der Waals surface area contributed by atoms with E-state index in [0.29, 0.717) is 18.7 Å². The van der Waals surface area contributed by atoms with Gasteiger partial charge >= 0.3 is 5.97 Å². The first-order valence-electron chi connectivity index (χ1n) is 5.34. The molecule has 0 aliphatic rings. The summed E-state index contributed by atoms with van der Waals surface area (Å²) in [4.78, 5) is 11.4. The summed E-state index contributed by atoms with van der Waals surface area (Å²) in [5.41, 5.74) is -1.07. The summed E-state index contributed by atoms with van der Waals surface area (Å²) < 4.78 is 17.8. The van der Waals surface area contributed by atoms with Crippen LogP contribution in [0, 0.1) is 5.82 Å². The van der Waals surface area contributed by atoms with Crippen molar-refractivity contribution in [2.75, 3.05) is 20.3 Å². The Morgan fingerprint density at radius 1 is 1.61 bits per heavy atom. The Balaban J connectivity index is 3.06. The number of benzene rings is 1. The molecular weight excluding hydrogens is 261 g/mol. The Labute approximate surface area is 110 Å². The molecule has 0 saturated carbocycles. The van der Waals surface area contributed by atoms with Crippen LogP contribution in [0.25, 0.3) is 0 Å². The smallest absolute Gasteiger partial charge is 0.328 e. The van der Waals surface area contributed by atoms with E-state index in [9.17, 15) is 14.3 Å². The third-order valence-electron chi connectivity index (χ3n) is 2.68. The average molecular weight is 276 g/mol. The van der Waals surface area contributed by atoms with E-state index in [1.165, 1.54) is 26.2 Å². The van der Waals surface area contributed by atoms with Gasteiger partial charge in [-0.2, -0.15) is 0 Å². The van der Waals surface area contributed by atoms with Gasteiger partial charge in [-0.15, -0.1) is 0 Å². The van der Waals surface area contributed by atoms with E-state index in [1.807, 2.05) is 0 Å². The molecule has 0 aliphatic carbocycles. The zero-order valence-electron chi connectivity index (χ0n) is 10.2. The third kappa shape index (κ3) is 3.19. The van der Waals surface area contributed by atoms with Crippen LogP contribution in [0.1, 0.15) is 12.5 Å². The van der Waals surface area contributed by atoms with Gasteiger partial charge in [-0.1, -0.05) is 17.7 Å². The van der Waals surface area contributed by atoms with E-state index in [4.69, 9.17) is 16.3 Å². The first-order valence-corrected chi connectivity index (χ1v) is 5.72. The fourth-order valence-electron chi connectivity index (χ4n) is 1.58. The number of nitrogens with one attached hydrogen (secondary N) is 1. The van der Waals surface area contributed by atoms with Gasteiger partial charge in [-0.05, 0) is 19.1 Å². The number of rotatable bonds is 6. The highest BCUT2D eigenvalue weighted by Gasteiger charge is 2.36. The van der Waals surface area contributed by atoms with Crippen LogP contribution in [-0.2, 0) is 15.1 Å². The zero-order chi connectivity index (χ0) is 13.8. The predicted molar refractivity (Wildman–Crippen MR) is 66.3 cm³/mol. The maximum atomic E-state index is 13.0. The lowest BCUT2D eigenvalue weighted by atomic mass is 9.92. The minimum atomic E-state index is -1.39. The van der Waals surface area contributed by atoms with Crippen molar-refractivity contribution in [3.8, 4) is 0 Å². The van der Waals surface area contributed by atoms with Gasteiger partial charge in [0.15, 0.2) is 0 Å². The normalized spacial score (nSPS) is 14.2. The molecule has 1 atom stereocenters. The second-order valence-electron chi connectivity index (χ2n) is 3.97. The summed E-state index contributed by atoms with van der Waals surface area (Å²) >= 11 is 5.90. The summed E-state index contributed by atoms with van der Waals surface area (Å²) in [5, 5.41) is 12.2. The minimum absolute atomic E-state index is 0.0739. The second kappa shape index (κ2) is 6.13. The van der Waals surface area contributed by atoms with Crippen LogP contribution in [0.4, 0.5) is 4.39 Å². The van der Waals surface area contributed by atoms with Gasteiger partial charge in [0.2, 0.25) is 0 Å². The van der Waals surface area contributed by atoms with Gasteiger partial charge in [0.1, 0.15) is 11.4 Å². The fourth-order valence-corrected chi connectivity index (χ4v) is 1.94. The molecule has 0 fully saturated rings. The molecule has 0 radical (unpaired) electrons. The van der Waals surface area contributed by atoms with Crippen LogP contribution in [0.2, 0.25) is 5.02 Å². The van der Waals surface area contributed by atoms with Crippen LogP contribution in [0.5, 0.6) is 0 Å². The molecule has 0 aromatic heterocycles. The maximum absolute atomic E-state index is 13.0. The molecule has 18 heavy (non-hydrogen) atoms.